The minimum absolute atomic E-state index is 0.00485. The maximum absolute atomic E-state index is 13.0. The lowest BCUT2D eigenvalue weighted by Gasteiger charge is -2.37. The van der Waals surface area contributed by atoms with Crippen LogP contribution in [0.1, 0.15) is 42.2 Å². The minimum Gasteiger partial charge on any atom is -0.497 e. The first-order valence-corrected chi connectivity index (χ1v) is 10.2. The number of hydrogen-bond donors (Lipinski definition) is 1. The van der Waals surface area contributed by atoms with E-state index in [1.807, 2.05) is 13.8 Å². The van der Waals surface area contributed by atoms with E-state index in [-0.39, 0.29) is 10.5 Å². The van der Waals surface area contributed by atoms with Gasteiger partial charge in [-0.15, -0.1) is 0 Å². The first-order chi connectivity index (χ1) is 13.1. The lowest BCUT2D eigenvalue weighted by atomic mass is 9.90. The molecule has 0 bridgehead atoms. The molecule has 2 aromatic rings. The van der Waals surface area contributed by atoms with Crippen molar-refractivity contribution in [3.8, 4) is 11.5 Å². The summed E-state index contributed by atoms with van der Waals surface area (Å²) in [6, 6.07) is 10.6. The van der Waals surface area contributed by atoms with Gasteiger partial charge < -0.3 is 14.2 Å². The van der Waals surface area contributed by atoms with Gasteiger partial charge >= 0.3 is 5.97 Å². The first-order valence-electron chi connectivity index (χ1n) is 8.73. The van der Waals surface area contributed by atoms with E-state index in [0.29, 0.717) is 17.9 Å². The van der Waals surface area contributed by atoms with E-state index in [9.17, 15) is 13.2 Å². The van der Waals surface area contributed by atoms with Crippen LogP contribution in [0.25, 0.3) is 0 Å². The third-order valence-corrected chi connectivity index (χ3v) is 6.01. The Morgan fingerprint density at radius 1 is 1.18 bits per heavy atom. The van der Waals surface area contributed by atoms with E-state index in [2.05, 4.69) is 9.46 Å². The molecule has 28 heavy (non-hydrogen) atoms. The van der Waals surface area contributed by atoms with Crippen LogP contribution in [0.4, 0.5) is 0 Å². The molecular formula is C20H23NO6S. The van der Waals surface area contributed by atoms with Crippen molar-refractivity contribution in [2.24, 2.45) is 0 Å². The number of methoxy groups -OCH3 is 2. The van der Waals surface area contributed by atoms with Crippen molar-refractivity contribution < 1.29 is 27.4 Å². The van der Waals surface area contributed by atoms with Gasteiger partial charge in [0.15, 0.2) is 0 Å². The molecule has 0 saturated heterocycles. The first kappa shape index (κ1) is 20.2. The molecule has 150 valence electrons. The maximum Gasteiger partial charge on any atom is 0.337 e. The molecule has 0 radical (unpaired) electrons. The number of carbonyl (C=O) groups is 1. The normalized spacial score (nSPS) is 17.9. The van der Waals surface area contributed by atoms with Crippen molar-refractivity contribution in [3.63, 3.8) is 0 Å². The van der Waals surface area contributed by atoms with Gasteiger partial charge in [-0.3, -0.25) is 0 Å². The molecule has 0 aliphatic carbocycles. The highest BCUT2D eigenvalue weighted by Crippen LogP contribution is 2.41. The number of ether oxygens (including phenoxy) is 3. The molecule has 1 aliphatic rings. The van der Waals surface area contributed by atoms with Crippen LogP contribution < -0.4 is 14.2 Å². The molecule has 1 atom stereocenters. The number of sulfonamides is 1. The van der Waals surface area contributed by atoms with Crippen LogP contribution >= 0.6 is 0 Å². The lowest BCUT2D eigenvalue weighted by Crippen LogP contribution is -2.41. The fraction of sp³-hybridized carbons (Fsp3) is 0.350. The molecule has 1 heterocycles. The zero-order valence-electron chi connectivity index (χ0n) is 16.2. The molecule has 0 saturated carbocycles. The molecule has 1 unspecified atom stereocenters. The number of carbonyl (C=O) groups excluding carboxylic acids is 1. The van der Waals surface area contributed by atoms with Crippen molar-refractivity contribution in [2.75, 3.05) is 14.2 Å². The largest absolute Gasteiger partial charge is 0.497 e. The van der Waals surface area contributed by atoms with Crippen LogP contribution in [0.2, 0.25) is 0 Å². The Labute approximate surface area is 164 Å². The van der Waals surface area contributed by atoms with Gasteiger partial charge in [-0.25, -0.2) is 17.9 Å². The lowest BCUT2D eigenvalue weighted by molar-refractivity contribution is 0.0600. The van der Waals surface area contributed by atoms with Gasteiger partial charge in [0.05, 0.1) is 30.7 Å². The Kier molecular flexibility index (Phi) is 5.36. The van der Waals surface area contributed by atoms with Crippen molar-refractivity contribution in [1.82, 2.24) is 4.72 Å². The number of rotatable bonds is 5. The predicted molar refractivity (Wildman–Crippen MR) is 103 cm³/mol. The van der Waals surface area contributed by atoms with Gasteiger partial charge in [-0.05, 0) is 38.1 Å². The monoisotopic (exact) mass is 405 g/mol. The fourth-order valence-corrected chi connectivity index (χ4v) is 4.49. The van der Waals surface area contributed by atoms with Crippen LogP contribution in [0.15, 0.2) is 47.4 Å². The Bertz CT molecular complexity index is 1000. The summed E-state index contributed by atoms with van der Waals surface area (Å²) in [5.74, 6) is 0.608. The Morgan fingerprint density at radius 3 is 2.61 bits per heavy atom. The smallest absolute Gasteiger partial charge is 0.337 e. The molecule has 8 heteroatoms. The highest BCUT2D eigenvalue weighted by Gasteiger charge is 2.36. The standard InChI is InChI=1S/C20H23NO6S/c1-20(2)12-17(16-9-8-14(25-3)11-18(16)27-20)21-28(23,24)15-7-5-6-13(10-15)19(22)26-4/h5-11,17,21H,12H2,1-4H3. The molecule has 1 aliphatic heterocycles. The zero-order valence-corrected chi connectivity index (χ0v) is 17.0. The second kappa shape index (κ2) is 7.44. The SMILES string of the molecule is COC(=O)c1cccc(S(=O)(=O)NC2CC(C)(C)Oc3cc(OC)ccc32)c1. The summed E-state index contributed by atoms with van der Waals surface area (Å²) in [5, 5.41) is 0. The van der Waals surface area contributed by atoms with Crippen molar-refractivity contribution >= 4 is 16.0 Å². The molecule has 0 amide bonds. The molecular weight excluding hydrogens is 382 g/mol. The van der Waals surface area contributed by atoms with Gasteiger partial charge in [0.2, 0.25) is 10.0 Å². The molecule has 1 N–H and O–H groups in total. The van der Waals surface area contributed by atoms with Crippen LogP contribution in [-0.2, 0) is 14.8 Å². The van der Waals surface area contributed by atoms with Crippen molar-refractivity contribution in [1.29, 1.82) is 0 Å². The van der Waals surface area contributed by atoms with E-state index in [4.69, 9.17) is 9.47 Å². The molecule has 0 fully saturated rings. The third-order valence-electron chi connectivity index (χ3n) is 4.54. The molecule has 2 aromatic carbocycles. The summed E-state index contributed by atoms with van der Waals surface area (Å²) in [6.45, 7) is 3.79. The molecule has 0 spiro atoms. The molecule has 0 aromatic heterocycles. The fourth-order valence-electron chi connectivity index (χ4n) is 3.23. The summed E-state index contributed by atoms with van der Waals surface area (Å²) in [5.41, 5.74) is 0.330. The average Bonchev–Trinajstić information content (AvgIpc) is 2.65. The van der Waals surface area contributed by atoms with E-state index in [1.54, 1.807) is 25.3 Å². The molecule has 3 rings (SSSR count). The van der Waals surface area contributed by atoms with Gasteiger partial charge in [-0.1, -0.05) is 12.1 Å². The summed E-state index contributed by atoms with van der Waals surface area (Å²) >= 11 is 0. The van der Waals surface area contributed by atoms with Gasteiger partial charge in [0.1, 0.15) is 17.1 Å². The maximum atomic E-state index is 13.0. The van der Waals surface area contributed by atoms with E-state index in [0.717, 1.165) is 5.56 Å². The van der Waals surface area contributed by atoms with E-state index < -0.39 is 27.6 Å². The number of hydrogen-bond acceptors (Lipinski definition) is 6. The summed E-state index contributed by atoms with van der Waals surface area (Å²) in [4.78, 5) is 11.7. The summed E-state index contributed by atoms with van der Waals surface area (Å²) in [6.07, 6.45) is 0.447. The second-order valence-corrected chi connectivity index (χ2v) is 8.88. The Balaban J connectivity index is 1.95. The zero-order chi connectivity index (χ0) is 20.5. The predicted octanol–water partition coefficient (Wildman–Crippen LogP) is 3.06. The van der Waals surface area contributed by atoms with Gasteiger partial charge in [0.25, 0.3) is 0 Å². The highest BCUT2D eigenvalue weighted by atomic mass is 32.2. The van der Waals surface area contributed by atoms with Crippen LogP contribution in [0, 0.1) is 0 Å². The van der Waals surface area contributed by atoms with Gasteiger partial charge in [0, 0.05) is 18.1 Å². The summed E-state index contributed by atoms with van der Waals surface area (Å²) in [7, 11) is -1.07. The number of benzene rings is 2. The van der Waals surface area contributed by atoms with E-state index in [1.165, 1.54) is 31.4 Å². The number of fused-ring (bicyclic) bond motifs is 1. The van der Waals surface area contributed by atoms with Crippen molar-refractivity contribution in [2.45, 2.75) is 36.8 Å². The Morgan fingerprint density at radius 2 is 1.93 bits per heavy atom. The number of esters is 1. The van der Waals surface area contributed by atoms with Crippen LogP contribution in [0.5, 0.6) is 11.5 Å². The quantitative estimate of drug-likeness (QED) is 0.769. The van der Waals surface area contributed by atoms with E-state index >= 15 is 0 Å². The van der Waals surface area contributed by atoms with Gasteiger partial charge in [-0.2, -0.15) is 0 Å². The highest BCUT2D eigenvalue weighted by molar-refractivity contribution is 7.89. The van der Waals surface area contributed by atoms with Crippen LogP contribution in [-0.4, -0.2) is 34.2 Å². The summed E-state index contributed by atoms with van der Waals surface area (Å²) < 4.78 is 44.6. The van der Waals surface area contributed by atoms with Crippen LogP contribution in [0.3, 0.4) is 0 Å². The third kappa shape index (κ3) is 4.13. The number of nitrogens with one attached hydrogen (secondary N) is 1. The topological polar surface area (TPSA) is 90.9 Å². The minimum atomic E-state index is -3.88. The Hall–Kier alpha value is -2.58. The molecule has 7 nitrogen and oxygen atoms in total. The van der Waals surface area contributed by atoms with Crippen molar-refractivity contribution in [3.05, 3.63) is 53.6 Å². The average molecular weight is 405 g/mol. The second-order valence-electron chi connectivity index (χ2n) is 7.16.